The first-order valence-electron chi connectivity index (χ1n) is 12.7. The van der Waals surface area contributed by atoms with Gasteiger partial charge in [0, 0.05) is 34.8 Å². The number of fused-ring (bicyclic) bond motifs is 1. The largest absolute Gasteiger partial charge is 0.419 e. The molecule has 0 unspecified atom stereocenters. The maximum absolute atomic E-state index is 14.5. The highest BCUT2D eigenvalue weighted by Gasteiger charge is 2.42. The maximum Gasteiger partial charge on any atom is 0.419 e. The lowest BCUT2D eigenvalue weighted by molar-refractivity contribution is -0.138. The number of likely N-dealkylation sites (tertiary alicyclic amines) is 1. The van der Waals surface area contributed by atoms with E-state index >= 15 is 0 Å². The topological polar surface area (TPSA) is 109 Å². The fraction of sp³-hybridized carbons (Fsp3) is 0.250. The Morgan fingerprint density at radius 3 is 2.52 bits per heavy atom. The van der Waals surface area contributed by atoms with E-state index in [1.54, 1.807) is 30.6 Å². The highest BCUT2D eigenvalue weighted by molar-refractivity contribution is 6.32. The molecule has 4 aromatic rings. The Morgan fingerprint density at radius 1 is 1.10 bits per heavy atom. The van der Waals surface area contributed by atoms with Crippen LogP contribution in [-0.4, -0.2) is 55.8 Å². The molecule has 2 N–H and O–H groups in total. The van der Waals surface area contributed by atoms with Crippen molar-refractivity contribution in [1.82, 2.24) is 19.4 Å². The van der Waals surface area contributed by atoms with Crippen molar-refractivity contribution in [3.63, 3.8) is 0 Å². The van der Waals surface area contributed by atoms with E-state index < -0.39 is 53.0 Å². The number of alkyl halides is 4. The summed E-state index contributed by atoms with van der Waals surface area (Å²) in [6.07, 6.45) is -0.772. The van der Waals surface area contributed by atoms with Gasteiger partial charge in [0.2, 0.25) is 11.8 Å². The van der Waals surface area contributed by atoms with Crippen molar-refractivity contribution in [2.45, 2.75) is 38.3 Å². The third-order valence-corrected chi connectivity index (χ3v) is 7.16. The third-order valence-electron chi connectivity index (χ3n) is 6.84. The summed E-state index contributed by atoms with van der Waals surface area (Å²) in [5, 5.41) is 5.24. The van der Waals surface area contributed by atoms with Crippen LogP contribution in [0.3, 0.4) is 0 Å². The minimum atomic E-state index is -4.86. The molecule has 2 amide bonds. The number of Topliss-reactive ketones (excluding diaryl/α,β-unsaturated/α-hetero) is 1. The van der Waals surface area contributed by atoms with Crippen molar-refractivity contribution in [1.29, 1.82) is 0 Å². The van der Waals surface area contributed by atoms with Crippen molar-refractivity contribution in [2.75, 3.05) is 17.2 Å². The summed E-state index contributed by atoms with van der Waals surface area (Å²) >= 11 is 5.74. The molecule has 0 aliphatic carbocycles. The van der Waals surface area contributed by atoms with Gasteiger partial charge in [0.05, 0.1) is 40.9 Å². The number of hydrogen-bond acceptors (Lipinski definition) is 6. The van der Waals surface area contributed by atoms with E-state index in [1.165, 1.54) is 30.1 Å². The number of ketones is 1. The van der Waals surface area contributed by atoms with Gasteiger partial charge in [-0.1, -0.05) is 17.7 Å². The van der Waals surface area contributed by atoms with Crippen LogP contribution in [0.25, 0.3) is 10.9 Å². The molecule has 14 heteroatoms. The summed E-state index contributed by atoms with van der Waals surface area (Å²) in [5.41, 5.74) is 0.301. The van der Waals surface area contributed by atoms with Crippen LogP contribution in [0.1, 0.15) is 29.3 Å². The average molecular weight is 603 g/mol. The van der Waals surface area contributed by atoms with Crippen LogP contribution in [0.4, 0.5) is 34.6 Å². The number of nitrogens with one attached hydrogen (secondary N) is 2. The van der Waals surface area contributed by atoms with Gasteiger partial charge in [-0.25, -0.2) is 14.4 Å². The Morgan fingerprint density at radius 2 is 1.83 bits per heavy atom. The number of nitrogens with zero attached hydrogens (tertiary/aromatic N) is 4. The Kier molecular flexibility index (Phi) is 7.87. The maximum atomic E-state index is 14.5. The summed E-state index contributed by atoms with van der Waals surface area (Å²) in [4.78, 5) is 47.8. The molecule has 1 aliphatic heterocycles. The molecule has 1 aliphatic rings. The SMILES string of the molecule is CC(=O)c1cn(CC(=O)N2C[C@H](F)C[C@H]2C(=O)Nc2cccc(Cl)c2C(F)(F)F)c2ccc(Nc3cncnc3)cc12. The molecule has 42 heavy (non-hydrogen) atoms. The van der Waals surface area contributed by atoms with Gasteiger partial charge in [-0.15, -0.1) is 0 Å². The van der Waals surface area contributed by atoms with Gasteiger partial charge in [-0.05, 0) is 37.3 Å². The minimum absolute atomic E-state index is 0.254. The van der Waals surface area contributed by atoms with Crippen molar-refractivity contribution in [2.24, 2.45) is 0 Å². The van der Waals surface area contributed by atoms with E-state index in [0.717, 1.165) is 17.0 Å². The Bertz CT molecular complexity index is 1680. The van der Waals surface area contributed by atoms with Crippen LogP contribution in [0.2, 0.25) is 5.02 Å². The predicted octanol–water partition coefficient (Wildman–Crippen LogP) is 5.63. The second-order valence-electron chi connectivity index (χ2n) is 9.76. The number of benzene rings is 2. The van der Waals surface area contributed by atoms with Crippen molar-refractivity contribution in [3.05, 3.63) is 77.5 Å². The smallest absolute Gasteiger partial charge is 0.353 e. The van der Waals surface area contributed by atoms with Crippen molar-refractivity contribution < 1.29 is 31.9 Å². The molecule has 0 bridgehead atoms. The van der Waals surface area contributed by atoms with Gasteiger partial charge < -0.3 is 20.1 Å². The summed E-state index contributed by atoms with van der Waals surface area (Å²) in [7, 11) is 0. The highest BCUT2D eigenvalue weighted by Crippen LogP contribution is 2.40. The zero-order valence-corrected chi connectivity index (χ0v) is 22.7. The quantitative estimate of drug-likeness (QED) is 0.210. The summed E-state index contributed by atoms with van der Waals surface area (Å²) in [5.74, 6) is -1.87. The number of aromatic nitrogens is 3. The summed E-state index contributed by atoms with van der Waals surface area (Å²) in [6.45, 7) is 0.626. The van der Waals surface area contributed by atoms with Crippen LogP contribution < -0.4 is 10.6 Å². The molecule has 0 spiro atoms. The standard InChI is InChI=1S/C28H23ClF4N6O3/c1-15(40)20-12-38(23-6-5-17(8-19(20)23)36-18-9-34-14-35-10-18)13-25(41)39-11-16(30)7-24(39)27(42)37-22-4-2-3-21(29)26(22)28(31,32)33/h2-6,8-10,12,14,16,24,36H,7,11,13H2,1H3,(H,37,42)/t16-,24+/m1/s1. The van der Waals surface area contributed by atoms with Gasteiger partial charge in [-0.2, -0.15) is 13.2 Å². The van der Waals surface area contributed by atoms with E-state index in [1.807, 2.05) is 0 Å². The van der Waals surface area contributed by atoms with Gasteiger partial charge in [0.1, 0.15) is 25.1 Å². The summed E-state index contributed by atoms with van der Waals surface area (Å²) in [6, 6.07) is 7.11. The normalized spacial score (nSPS) is 17.0. The lowest BCUT2D eigenvalue weighted by Crippen LogP contribution is -2.44. The molecule has 218 valence electrons. The number of anilines is 3. The molecule has 0 radical (unpaired) electrons. The molecule has 0 saturated carbocycles. The molecule has 5 rings (SSSR count). The minimum Gasteiger partial charge on any atom is -0.353 e. The molecule has 1 fully saturated rings. The van der Waals surface area contributed by atoms with Gasteiger partial charge in [0.25, 0.3) is 0 Å². The molecule has 2 aromatic heterocycles. The molecule has 1 saturated heterocycles. The second kappa shape index (κ2) is 11.4. The lowest BCUT2D eigenvalue weighted by Gasteiger charge is -2.25. The molecule has 2 aromatic carbocycles. The second-order valence-corrected chi connectivity index (χ2v) is 10.2. The van der Waals surface area contributed by atoms with Crippen LogP contribution in [-0.2, 0) is 22.3 Å². The van der Waals surface area contributed by atoms with E-state index in [4.69, 9.17) is 11.6 Å². The fourth-order valence-corrected chi connectivity index (χ4v) is 5.28. The molecule has 3 heterocycles. The average Bonchev–Trinajstić information content (AvgIpc) is 3.49. The van der Waals surface area contributed by atoms with Crippen LogP contribution in [0, 0.1) is 0 Å². The first-order chi connectivity index (χ1) is 19.9. The number of amides is 2. The van der Waals surface area contributed by atoms with Crippen molar-refractivity contribution >= 4 is 57.2 Å². The number of carbonyl (C=O) groups is 3. The first-order valence-corrected chi connectivity index (χ1v) is 13.1. The number of carbonyl (C=O) groups excluding carboxylic acids is 3. The van der Waals surface area contributed by atoms with Crippen LogP contribution in [0.15, 0.2) is 61.3 Å². The molecule has 2 atom stereocenters. The zero-order valence-electron chi connectivity index (χ0n) is 22.0. The van der Waals surface area contributed by atoms with Crippen LogP contribution in [0.5, 0.6) is 0 Å². The van der Waals surface area contributed by atoms with Gasteiger partial charge >= 0.3 is 6.18 Å². The number of hydrogen-bond donors (Lipinski definition) is 2. The molecular formula is C28H23ClF4N6O3. The van der Waals surface area contributed by atoms with E-state index in [0.29, 0.717) is 27.8 Å². The highest BCUT2D eigenvalue weighted by atomic mass is 35.5. The third kappa shape index (κ3) is 5.91. The number of rotatable bonds is 7. The molecular weight excluding hydrogens is 580 g/mol. The fourth-order valence-electron chi connectivity index (χ4n) is 4.99. The Labute approximate surface area is 241 Å². The van der Waals surface area contributed by atoms with Gasteiger partial charge in [-0.3, -0.25) is 14.4 Å². The first kappa shape index (κ1) is 29.0. The number of halogens is 5. The zero-order chi connectivity index (χ0) is 30.2. The van der Waals surface area contributed by atoms with E-state index in [2.05, 4.69) is 20.6 Å². The van der Waals surface area contributed by atoms with E-state index in [9.17, 15) is 31.9 Å². The Balaban J connectivity index is 1.39. The van der Waals surface area contributed by atoms with Crippen LogP contribution >= 0.6 is 11.6 Å². The van der Waals surface area contributed by atoms with E-state index in [-0.39, 0.29) is 18.7 Å². The van der Waals surface area contributed by atoms with Crippen molar-refractivity contribution in [3.8, 4) is 0 Å². The Hall–Kier alpha value is -4.52. The predicted molar refractivity (Wildman–Crippen MR) is 147 cm³/mol. The monoisotopic (exact) mass is 602 g/mol. The van der Waals surface area contributed by atoms with Gasteiger partial charge in [0.15, 0.2) is 5.78 Å². The summed E-state index contributed by atoms with van der Waals surface area (Å²) < 4.78 is 56.7. The lowest BCUT2D eigenvalue weighted by atomic mass is 10.1. The molecule has 9 nitrogen and oxygen atoms in total.